The van der Waals surface area contributed by atoms with Gasteiger partial charge in [0, 0.05) is 6.07 Å². The molecule has 2 aromatic carbocycles. The predicted octanol–water partition coefficient (Wildman–Crippen LogP) is 3.29. The van der Waals surface area contributed by atoms with Gasteiger partial charge < -0.3 is 0 Å². The number of aromatic nitrogens is 3. The van der Waals surface area contributed by atoms with Crippen molar-refractivity contribution in [2.75, 3.05) is 5.01 Å². The van der Waals surface area contributed by atoms with Crippen molar-refractivity contribution in [2.24, 2.45) is 0 Å². The summed E-state index contributed by atoms with van der Waals surface area (Å²) in [5.41, 5.74) is 2.16. The number of hydrogen-bond acceptors (Lipinski definition) is 6. The first-order chi connectivity index (χ1) is 12.1. The zero-order valence-electron chi connectivity index (χ0n) is 12.8. The summed E-state index contributed by atoms with van der Waals surface area (Å²) < 4.78 is 2.05. The Hall–Kier alpha value is -3.25. The molecule has 3 aromatic rings. The van der Waals surface area contributed by atoms with Crippen molar-refractivity contribution in [2.45, 2.75) is 6.54 Å². The maximum atomic E-state index is 11.0. The average molecular weight is 399 g/mol. The summed E-state index contributed by atoms with van der Waals surface area (Å²) in [4.78, 5) is 10.5. The molecule has 0 atom stereocenters. The lowest BCUT2D eigenvalue weighted by Crippen LogP contribution is -2.27. The molecule has 0 aliphatic heterocycles. The molecule has 0 spiro atoms. The van der Waals surface area contributed by atoms with Gasteiger partial charge in [-0.2, -0.15) is 5.26 Å². The van der Waals surface area contributed by atoms with Crippen molar-refractivity contribution in [3.8, 4) is 6.07 Å². The van der Waals surface area contributed by atoms with Gasteiger partial charge in [0.2, 0.25) is 0 Å². The van der Waals surface area contributed by atoms with Crippen LogP contribution in [-0.2, 0) is 6.54 Å². The standard InChI is InChI=1S/C16H11BrN6O2/c17-15-7-14(4-5-16(15)23(24)25)22(21-10-19-20-11-21)9-13-3-1-2-12(6-13)8-18/h1-7,10-11H,9H2. The van der Waals surface area contributed by atoms with Gasteiger partial charge in [-0.3, -0.25) is 15.1 Å². The van der Waals surface area contributed by atoms with E-state index in [9.17, 15) is 10.1 Å². The fourth-order valence-electron chi connectivity index (χ4n) is 2.34. The van der Waals surface area contributed by atoms with Crippen LogP contribution in [0.4, 0.5) is 11.4 Å². The average Bonchev–Trinajstić information content (AvgIpc) is 3.13. The molecule has 124 valence electrons. The van der Waals surface area contributed by atoms with Crippen LogP contribution in [0.3, 0.4) is 0 Å². The van der Waals surface area contributed by atoms with E-state index in [-0.39, 0.29) is 5.69 Å². The third-order valence-electron chi connectivity index (χ3n) is 3.50. The van der Waals surface area contributed by atoms with E-state index >= 15 is 0 Å². The van der Waals surface area contributed by atoms with Gasteiger partial charge in [-0.05, 0) is 45.8 Å². The number of hydrogen-bond donors (Lipinski definition) is 0. The molecule has 3 rings (SSSR count). The molecule has 0 bridgehead atoms. The highest BCUT2D eigenvalue weighted by molar-refractivity contribution is 9.10. The number of benzene rings is 2. The molecular formula is C16H11BrN6O2. The Kier molecular flexibility index (Phi) is 4.72. The quantitative estimate of drug-likeness (QED) is 0.482. The highest BCUT2D eigenvalue weighted by Crippen LogP contribution is 2.30. The lowest BCUT2D eigenvalue weighted by molar-refractivity contribution is -0.385. The van der Waals surface area contributed by atoms with Crippen LogP contribution in [0.1, 0.15) is 11.1 Å². The fourth-order valence-corrected chi connectivity index (χ4v) is 2.85. The van der Waals surface area contributed by atoms with Crippen molar-refractivity contribution in [3.63, 3.8) is 0 Å². The molecule has 25 heavy (non-hydrogen) atoms. The first-order valence-corrected chi connectivity index (χ1v) is 7.93. The molecule has 0 fully saturated rings. The summed E-state index contributed by atoms with van der Waals surface area (Å²) >= 11 is 3.24. The molecule has 0 N–H and O–H groups in total. The second-order valence-electron chi connectivity index (χ2n) is 5.10. The van der Waals surface area contributed by atoms with Gasteiger partial charge >= 0.3 is 0 Å². The molecule has 1 heterocycles. The summed E-state index contributed by atoms with van der Waals surface area (Å²) in [6.07, 6.45) is 3.06. The Balaban J connectivity index is 2.00. The second kappa shape index (κ2) is 7.11. The molecule has 0 saturated heterocycles. The molecule has 9 heteroatoms. The van der Waals surface area contributed by atoms with Gasteiger partial charge in [0.15, 0.2) is 0 Å². The summed E-state index contributed by atoms with van der Waals surface area (Å²) in [5.74, 6) is 0. The van der Waals surface area contributed by atoms with Gasteiger partial charge in [0.1, 0.15) is 12.7 Å². The van der Waals surface area contributed by atoms with Gasteiger partial charge in [-0.1, -0.05) is 12.1 Å². The van der Waals surface area contributed by atoms with E-state index in [1.165, 1.54) is 18.7 Å². The topological polar surface area (TPSA) is 101 Å². The van der Waals surface area contributed by atoms with Crippen molar-refractivity contribution >= 4 is 27.3 Å². The lowest BCUT2D eigenvalue weighted by atomic mass is 10.1. The van der Waals surface area contributed by atoms with Gasteiger partial charge in [-0.25, -0.2) is 4.68 Å². The Morgan fingerprint density at radius 3 is 2.64 bits per heavy atom. The molecule has 0 aliphatic carbocycles. The highest BCUT2D eigenvalue weighted by atomic mass is 79.9. The van der Waals surface area contributed by atoms with Crippen LogP contribution in [0.25, 0.3) is 0 Å². The zero-order valence-corrected chi connectivity index (χ0v) is 14.4. The van der Waals surface area contributed by atoms with Crippen LogP contribution >= 0.6 is 15.9 Å². The number of nitrogens with zero attached hydrogens (tertiary/aromatic N) is 6. The van der Waals surface area contributed by atoms with Gasteiger partial charge in [-0.15, -0.1) is 10.2 Å². The molecule has 0 unspecified atom stereocenters. The first-order valence-electron chi connectivity index (χ1n) is 7.14. The van der Waals surface area contributed by atoms with Crippen LogP contribution in [0.15, 0.2) is 59.6 Å². The molecule has 8 nitrogen and oxygen atoms in total. The maximum Gasteiger partial charge on any atom is 0.283 e. The molecule has 0 saturated carbocycles. The Labute approximate surface area is 151 Å². The number of nitriles is 1. The van der Waals surface area contributed by atoms with E-state index < -0.39 is 4.92 Å². The van der Waals surface area contributed by atoms with Crippen LogP contribution in [0, 0.1) is 21.4 Å². The Morgan fingerprint density at radius 1 is 1.24 bits per heavy atom. The largest absolute Gasteiger partial charge is 0.283 e. The van der Waals surface area contributed by atoms with Crippen LogP contribution < -0.4 is 5.01 Å². The second-order valence-corrected chi connectivity index (χ2v) is 5.96. The normalized spacial score (nSPS) is 10.2. The van der Waals surface area contributed by atoms with Crippen molar-refractivity contribution in [1.29, 1.82) is 5.26 Å². The van der Waals surface area contributed by atoms with E-state index in [0.29, 0.717) is 22.3 Å². The van der Waals surface area contributed by atoms with E-state index in [4.69, 9.17) is 5.26 Å². The van der Waals surface area contributed by atoms with Crippen molar-refractivity contribution < 1.29 is 4.92 Å². The fraction of sp³-hybridized carbons (Fsp3) is 0.0625. The molecule has 0 amide bonds. The molecule has 0 aliphatic rings. The first kappa shape index (κ1) is 16.6. The minimum atomic E-state index is -0.451. The number of nitro groups is 1. The summed E-state index contributed by atoms with van der Waals surface area (Å²) in [6, 6.07) is 14.1. The van der Waals surface area contributed by atoms with E-state index in [1.807, 2.05) is 17.1 Å². The van der Waals surface area contributed by atoms with E-state index in [1.54, 1.807) is 28.9 Å². The zero-order chi connectivity index (χ0) is 17.8. The maximum absolute atomic E-state index is 11.0. The Bertz CT molecular complexity index is 952. The molecular weight excluding hydrogens is 388 g/mol. The number of anilines is 1. The van der Waals surface area contributed by atoms with Crippen molar-refractivity contribution in [1.82, 2.24) is 14.9 Å². The number of rotatable bonds is 5. The summed E-state index contributed by atoms with van der Waals surface area (Å²) in [7, 11) is 0. The van der Waals surface area contributed by atoms with Crippen LogP contribution in [0.5, 0.6) is 0 Å². The lowest BCUT2D eigenvalue weighted by Gasteiger charge is -2.25. The smallest absolute Gasteiger partial charge is 0.274 e. The van der Waals surface area contributed by atoms with E-state index in [2.05, 4.69) is 32.2 Å². The van der Waals surface area contributed by atoms with Crippen LogP contribution in [-0.4, -0.2) is 19.8 Å². The van der Waals surface area contributed by atoms with Gasteiger partial charge in [0.25, 0.3) is 5.69 Å². The summed E-state index contributed by atoms with van der Waals surface area (Å²) in [6.45, 7) is 0.428. The minimum absolute atomic E-state index is 0.0149. The van der Waals surface area contributed by atoms with Crippen molar-refractivity contribution in [3.05, 3.63) is 80.8 Å². The third-order valence-corrected chi connectivity index (χ3v) is 4.13. The monoisotopic (exact) mass is 398 g/mol. The van der Waals surface area contributed by atoms with E-state index in [0.717, 1.165) is 5.56 Å². The Morgan fingerprint density at radius 2 is 2.00 bits per heavy atom. The predicted molar refractivity (Wildman–Crippen MR) is 93.6 cm³/mol. The summed E-state index contributed by atoms with van der Waals surface area (Å²) in [5, 5.41) is 29.5. The van der Waals surface area contributed by atoms with Gasteiger partial charge in [0.05, 0.1) is 33.3 Å². The molecule has 1 aromatic heterocycles. The molecule has 0 radical (unpaired) electrons. The number of halogens is 1. The number of nitro benzene ring substituents is 1. The highest BCUT2D eigenvalue weighted by Gasteiger charge is 2.16. The van der Waals surface area contributed by atoms with Crippen LogP contribution in [0.2, 0.25) is 0 Å². The minimum Gasteiger partial charge on any atom is -0.274 e. The third kappa shape index (κ3) is 3.64. The SMILES string of the molecule is N#Cc1cccc(CN(c2ccc([N+](=O)[O-])c(Br)c2)n2cnnc2)c1.